The molecule has 0 amide bonds. The minimum Gasteiger partial charge on any atom is -0.315 e. The minimum atomic E-state index is 0.813. The van der Waals surface area contributed by atoms with Crippen LogP contribution in [-0.4, -0.2) is 38.1 Å². The largest absolute Gasteiger partial charge is 0.315 e. The van der Waals surface area contributed by atoms with Crippen LogP contribution in [0.4, 0.5) is 0 Å². The van der Waals surface area contributed by atoms with Crippen molar-refractivity contribution in [3.05, 3.63) is 35.9 Å². The van der Waals surface area contributed by atoms with Gasteiger partial charge >= 0.3 is 0 Å². The van der Waals surface area contributed by atoms with E-state index in [4.69, 9.17) is 0 Å². The first-order chi connectivity index (χ1) is 8.31. The fraction of sp³-hybridized carbons (Fsp3) is 0.600. The lowest BCUT2D eigenvalue weighted by molar-refractivity contribution is 0.348. The van der Waals surface area contributed by atoms with Crippen molar-refractivity contribution >= 4 is 0 Å². The average Bonchev–Trinajstić information content (AvgIpc) is 3.15. The molecule has 1 aliphatic carbocycles. The summed E-state index contributed by atoms with van der Waals surface area (Å²) in [6.45, 7) is 6.78. The Morgan fingerprint density at radius 3 is 2.76 bits per heavy atom. The molecule has 0 bridgehead atoms. The van der Waals surface area contributed by atoms with Gasteiger partial charge in [0, 0.05) is 13.1 Å². The summed E-state index contributed by atoms with van der Waals surface area (Å²) in [5.41, 5.74) is 1.52. The third-order valence-electron chi connectivity index (χ3n) is 3.77. The monoisotopic (exact) mass is 232 g/mol. The van der Waals surface area contributed by atoms with Crippen LogP contribution >= 0.6 is 0 Å². The predicted octanol–water partition coefficient (Wildman–Crippen LogP) is 2.33. The van der Waals surface area contributed by atoms with Crippen molar-refractivity contribution in [3.8, 4) is 0 Å². The first-order valence-electron chi connectivity index (χ1n) is 6.75. The molecule has 0 aliphatic heterocycles. The Morgan fingerprint density at radius 1 is 1.29 bits per heavy atom. The Morgan fingerprint density at radius 2 is 2.06 bits per heavy atom. The Balaban J connectivity index is 1.61. The highest BCUT2D eigenvalue weighted by Gasteiger charge is 2.37. The van der Waals surface area contributed by atoms with E-state index in [1.54, 1.807) is 0 Å². The first-order valence-corrected chi connectivity index (χ1v) is 6.75. The van der Waals surface area contributed by atoms with Gasteiger partial charge in [0.05, 0.1) is 0 Å². The molecule has 0 radical (unpaired) electrons. The fourth-order valence-electron chi connectivity index (χ4n) is 2.30. The van der Waals surface area contributed by atoms with Crippen LogP contribution in [-0.2, 0) is 0 Å². The van der Waals surface area contributed by atoms with Crippen molar-refractivity contribution in [1.82, 2.24) is 10.2 Å². The number of nitrogens with one attached hydrogen (secondary N) is 1. The minimum absolute atomic E-state index is 0.813. The van der Waals surface area contributed by atoms with Crippen LogP contribution in [0.25, 0.3) is 0 Å². The number of likely N-dealkylation sites (N-methyl/N-ethyl adjacent to an activating group) is 1. The van der Waals surface area contributed by atoms with Crippen molar-refractivity contribution in [2.45, 2.75) is 19.3 Å². The maximum absolute atomic E-state index is 3.57. The second kappa shape index (κ2) is 6.18. The number of rotatable bonds is 7. The van der Waals surface area contributed by atoms with E-state index in [1.165, 1.54) is 18.5 Å². The summed E-state index contributed by atoms with van der Waals surface area (Å²) >= 11 is 0. The zero-order valence-electron chi connectivity index (χ0n) is 11.0. The van der Waals surface area contributed by atoms with Crippen LogP contribution in [0.1, 0.15) is 24.8 Å². The highest BCUT2D eigenvalue weighted by atomic mass is 15.1. The fourth-order valence-corrected chi connectivity index (χ4v) is 2.30. The maximum Gasteiger partial charge on any atom is 0.0104 e. The van der Waals surface area contributed by atoms with Gasteiger partial charge in [0.15, 0.2) is 0 Å². The molecule has 1 aromatic carbocycles. The van der Waals surface area contributed by atoms with E-state index >= 15 is 0 Å². The van der Waals surface area contributed by atoms with Crippen LogP contribution in [0, 0.1) is 5.92 Å². The summed E-state index contributed by atoms with van der Waals surface area (Å²) in [5.74, 6) is 1.68. The molecule has 2 unspecified atom stereocenters. The van der Waals surface area contributed by atoms with E-state index in [-0.39, 0.29) is 0 Å². The van der Waals surface area contributed by atoms with Gasteiger partial charge in [-0.1, -0.05) is 37.3 Å². The zero-order valence-corrected chi connectivity index (χ0v) is 11.0. The van der Waals surface area contributed by atoms with Crippen molar-refractivity contribution in [2.75, 3.05) is 33.2 Å². The Kier molecular flexibility index (Phi) is 4.57. The molecule has 1 saturated carbocycles. The van der Waals surface area contributed by atoms with Gasteiger partial charge < -0.3 is 10.2 Å². The molecule has 1 aromatic rings. The quantitative estimate of drug-likeness (QED) is 0.726. The molecule has 17 heavy (non-hydrogen) atoms. The third kappa shape index (κ3) is 3.83. The van der Waals surface area contributed by atoms with Crippen LogP contribution in [0.2, 0.25) is 0 Å². The van der Waals surface area contributed by atoms with E-state index in [0.717, 1.165) is 31.5 Å². The van der Waals surface area contributed by atoms with Crippen LogP contribution in [0.5, 0.6) is 0 Å². The van der Waals surface area contributed by atoms with Gasteiger partial charge in [0.25, 0.3) is 0 Å². The maximum atomic E-state index is 3.57. The summed E-state index contributed by atoms with van der Waals surface area (Å²) in [6.07, 6.45) is 1.36. The lowest BCUT2D eigenvalue weighted by Gasteiger charge is -2.13. The molecule has 2 nitrogen and oxygen atoms in total. The van der Waals surface area contributed by atoms with Crippen molar-refractivity contribution < 1.29 is 0 Å². The van der Waals surface area contributed by atoms with Crippen molar-refractivity contribution in [2.24, 2.45) is 5.92 Å². The molecular formula is C15H24N2. The van der Waals surface area contributed by atoms with E-state index in [0.29, 0.717) is 0 Å². The van der Waals surface area contributed by atoms with Gasteiger partial charge in [-0.2, -0.15) is 0 Å². The Bertz CT molecular complexity index is 323. The first kappa shape index (κ1) is 12.6. The highest BCUT2D eigenvalue weighted by molar-refractivity contribution is 5.25. The van der Waals surface area contributed by atoms with Gasteiger partial charge in [-0.3, -0.25) is 0 Å². The third-order valence-corrected chi connectivity index (χ3v) is 3.77. The van der Waals surface area contributed by atoms with E-state index in [1.807, 2.05) is 0 Å². The number of hydrogen-bond donors (Lipinski definition) is 1. The molecule has 1 N–H and O–H groups in total. The second-order valence-electron chi connectivity index (χ2n) is 5.11. The Labute approximate surface area is 105 Å². The van der Waals surface area contributed by atoms with E-state index < -0.39 is 0 Å². The lowest BCUT2D eigenvalue weighted by atomic mass is 10.1. The average molecular weight is 232 g/mol. The molecular weight excluding hydrogens is 208 g/mol. The molecule has 2 heteroatoms. The smallest absolute Gasteiger partial charge is 0.0104 e. The molecule has 0 saturated heterocycles. The molecule has 2 atom stereocenters. The molecule has 2 rings (SSSR count). The molecule has 94 valence electrons. The van der Waals surface area contributed by atoms with Gasteiger partial charge in [-0.25, -0.2) is 0 Å². The summed E-state index contributed by atoms with van der Waals surface area (Å²) in [5, 5.41) is 3.57. The van der Waals surface area contributed by atoms with Crippen LogP contribution < -0.4 is 5.32 Å². The molecule has 1 fully saturated rings. The molecule has 0 heterocycles. The summed E-state index contributed by atoms with van der Waals surface area (Å²) in [7, 11) is 2.17. The molecule has 0 spiro atoms. The molecule has 0 aromatic heterocycles. The topological polar surface area (TPSA) is 15.3 Å². The van der Waals surface area contributed by atoms with Gasteiger partial charge in [0.1, 0.15) is 0 Å². The summed E-state index contributed by atoms with van der Waals surface area (Å²) in [4.78, 5) is 2.34. The lowest BCUT2D eigenvalue weighted by Crippen LogP contribution is -2.30. The summed E-state index contributed by atoms with van der Waals surface area (Å²) < 4.78 is 0. The summed E-state index contributed by atoms with van der Waals surface area (Å²) in [6, 6.07) is 10.9. The van der Waals surface area contributed by atoms with Crippen molar-refractivity contribution in [3.63, 3.8) is 0 Å². The van der Waals surface area contributed by atoms with Crippen LogP contribution in [0.3, 0.4) is 0 Å². The van der Waals surface area contributed by atoms with Gasteiger partial charge in [0.2, 0.25) is 0 Å². The molecule has 1 aliphatic rings. The second-order valence-corrected chi connectivity index (χ2v) is 5.11. The Hall–Kier alpha value is -0.860. The predicted molar refractivity (Wildman–Crippen MR) is 73.3 cm³/mol. The number of nitrogens with zero attached hydrogens (tertiary/aromatic N) is 1. The standard InChI is InChI=1S/C15H24N2/c1-3-17(2)10-9-16-12-14-11-15(14)13-7-5-4-6-8-13/h4-8,14-16H,3,9-12H2,1-2H3. The van der Waals surface area contributed by atoms with Gasteiger partial charge in [-0.05, 0) is 44.0 Å². The normalized spacial score (nSPS) is 23.0. The van der Waals surface area contributed by atoms with Crippen molar-refractivity contribution in [1.29, 1.82) is 0 Å². The van der Waals surface area contributed by atoms with Crippen LogP contribution in [0.15, 0.2) is 30.3 Å². The van der Waals surface area contributed by atoms with E-state index in [9.17, 15) is 0 Å². The van der Waals surface area contributed by atoms with E-state index in [2.05, 4.69) is 54.5 Å². The zero-order chi connectivity index (χ0) is 12.1. The SMILES string of the molecule is CCN(C)CCNCC1CC1c1ccccc1. The highest BCUT2D eigenvalue weighted by Crippen LogP contribution is 2.46. The van der Waals surface area contributed by atoms with Gasteiger partial charge in [-0.15, -0.1) is 0 Å². The number of hydrogen-bond acceptors (Lipinski definition) is 2. The number of benzene rings is 1.